The van der Waals surface area contributed by atoms with Crippen molar-refractivity contribution in [2.24, 2.45) is 11.8 Å². The van der Waals surface area contributed by atoms with Crippen LogP contribution in [-0.2, 0) is 14.3 Å². The number of rotatable bonds is 2. The lowest BCUT2D eigenvalue weighted by molar-refractivity contribution is -0.127. The van der Waals surface area contributed by atoms with E-state index < -0.39 is 52.7 Å². The Kier molecular flexibility index (Phi) is 4.87. The molecule has 2 saturated heterocycles. The number of ketones is 2. The zero-order chi connectivity index (χ0) is 24.6. The van der Waals surface area contributed by atoms with E-state index in [9.17, 15) is 23.6 Å². The van der Waals surface area contributed by atoms with Crippen LogP contribution in [-0.4, -0.2) is 29.0 Å². The number of anilines is 1. The van der Waals surface area contributed by atoms with Crippen molar-refractivity contribution >= 4 is 56.6 Å². The van der Waals surface area contributed by atoms with Crippen molar-refractivity contribution in [1.82, 2.24) is 0 Å². The molecule has 3 aromatic rings. The van der Waals surface area contributed by atoms with Gasteiger partial charge in [-0.3, -0.25) is 19.2 Å². The molecule has 2 aliphatic heterocycles. The van der Waals surface area contributed by atoms with Crippen molar-refractivity contribution < 1.29 is 28.3 Å². The van der Waals surface area contributed by atoms with Crippen LogP contribution in [0.3, 0.4) is 0 Å². The van der Waals surface area contributed by atoms with Crippen molar-refractivity contribution in [3.05, 3.63) is 98.7 Å². The minimum Gasteiger partial charge on any atom is -0.349 e. The maximum Gasteiger partial charge on any atom is 0.241 e. The first-order valence-electron chi connectivity index (χ1n) is 10.7. The molecule has 3 atom stereocenters. The van der Waals surface area contributed by atoms with Crippen LogP contribution in [0.2, 0.25) is 5.02 Å². The number of benzene rings is 3. The number of halogens is 3. The Bertz CT molecular complexity index is 1460. The van der Waals surface area contributed by atoms with E-state index in [0.717, 1.165) is 11.0 Å². The highest BCUT2D eigenvalue weighted by Gasteiger charge is 2.74. The highest BCUT2D eigenvalue weighted by atomic mass is 79.9. The number of imide groups is 1. The second-order valence-electron chi connectivity index (χ2n) is 8.65. The fourth-order valence-corrected chi connectivity index (χ4v) is 5.97. The number of nitrogens with zero attached hydrogens (tertiary/aromatic N) is 1. The Labute approximate surface area is 211 Å². The standard InChI is InChI=1S/C26H14BrClFNO5/c27-13-5-3-4-12(10-13)21-19-20(25(34)30(24(19)33)14-8-9-18(29)17(28)11-14)26(35-21)22(31)15-6-1-2-7-16(15)23(26)32/h1-11,19-21H/t19-,20-,21-/m0/s1. The molecule has 3 aliphatic rings. The number of Topliss-reactive ketones (excluding diaryl/α,β-unsaturated/α-hetero) is 2. The first kappa shape index (κ1) is 22.3. The number of carbonyl (C=O) groups is 4. The fraction of sp³-hybridized carbons (Fsp3) is 0.154. The first-order valence-corrected chi connectivity index (χ1v) is 11.9. The topological polar surface area (TPSA) is 80.8 Å². The molecule has 1 aliphatic carbocycles. The molecule has 174 valence electrons. The summed E-state index contributed by atoms with van der Waals surface area (Å²) in [5.41, 5.74) is -1.29. The Morgan fingerprint density at radius 1 is 0.886 bits per heavy atom. The van der Waals surface area contributed by atoms with Gasteiger partial charge in [-0.2, -0.15) is 0 Å². The molecule has 0 aromatic heterocycles. The van der Waals surface area contributed by atoms with Gasteiger partial charge in [0.15, 0.2) is 0 Å². The van der Waals surface area contributed by atoms with E-state index in [1.165, 1.54) is 24.3 Å². The maximum absolute atomic E-state index is 13.8. The largest absolute Gasteiger partial charge is 0.349 e. The molecule has 9 heteroatoms. The van der Waals surface area contributed by atoms with Crippen LogP contribution in [0.1, 0.15) is 32.4 Å². The monoisotopic (exact) mass is 553 g/mol. The highest BCUT2D eigenvalue weighted by molar-refractivity contribution is 9.10. The van der Waals surface area contributed by atoms with Crippen LogP contribution in [0, 0.1) is 17.7 Å². The second-order valence-corrected chi connectivity index (χ2v) is 9.97. The van der Waals surface area contributed by atoms with Crippen LogP contribution in [0.25, 0.3) is 0 Å². The van der Waals surface area contributed by atoms with Gasteiger partial charge >= 0.3 is 0 Å². The van der Waals surface area contributed by atoms with E-state index in [1.54, 1.807) is 36.4 Å². The van der Waals surface area contributed by atoms with E-state index in [0.29, 0.717) is 10.0 Å². The summed E-state index contributed by atoms with van der Waals surface area (Å²) >= 11 is 9.31. The Hall–Kier alpha value is -3.20. The minimum absolute atomic E-state index is 0.0550. The fourth-order valence-electron chi connectivity index (χ4n) is 5.38. The Balaban J connectivity index is 1.55. The number of hydrogen-bond donors (Lipinski definition) is 0. The summed E-state index contributed by atoms with van der Waals surface area (Å²) in [4.78, 5) is 55.8. The molecule has 2 amide bonds. The number of hydrogen-bond acceptors (Lipinski definition) is 5. The number of carbonyl (C=O) groups excluding carboxylic acids is 4. The van der Waals surface area contributed by atoms with E-state index in [2.05, 4.69) is 15.9 Å². The number of fused-ring (bicyclic) bond motifs is 3. The zero-order valence-electron chi connectivity index (χ0n) is 17.7. The molecule has 0 bridgehead atoms. The predicted octanol–water partition coefficient (Wildman–Crippen LogP) is 4.94. The summed E-state index contributed by atoms with van der Waals surface area (Å²) < 4.78 is 20.7. The molecular weight excluding hydrogens is 541 g/mol. The van der Waals surface area contributed by atoms with Gasteiger partial charge in [-0.15, -0.1) is 0 Å². The molecule has 1 spiro atoms. The number of amides is 2. The average molecular weight is 555 g/mol. The molecular formula is C26H14BrClFNO5. The highest BCUT2D eigenvalue weighted by Crippen LogP contribution is 2.57. The number of ether oxygens (including phenoxy) is 1. The molecule has 6 rings (SSSR count). The lowest BCUT2D eigenvalue weighted by Crippen LogP contribution is -2.51. The van der Waals surface area contributed by atoms with Crippen molar-refractivity contribution in [3.63, 3.8) is 0 Å². The van der Waals surface area contributed by atoms with Gasteiger partial charge in [0.25, 0.3) is 0 Å². The van der Waals surface area contributed by atoms with Gasteiger partial charge in [0.1, 0.15) is 5.82 Å². The first-order chi connectivity index (χ1) is 16.8. The average Bonchev–Trinajstić information content (AvgIpc) is 3.41. The predicted molar refractivity (Wildman–Crippen MR) is 127 cm³/mol. The lowest BCUT2D eigenvalue weighted by atomic mass is 9.77. The molecule has 2 heterocycles. The van der Waals surface area contributed by atoms with E-state index in [-0.39, 0.29) is 21.8 Å². The maximum atomic E-state index is 13.8. The summed E-state index contributed by atoms with van der Waals surface area (Å²) in [6, 6.07) is 16.7. The van der Waals surface area contributed by atoms with Crippen LogP contribution in [0.4, 0.5) is 10.1 Å². The van der Waals surface area contributed by atoms with Crippen molar-refractivity contribution in [3.8, 4) is 0 Å². The smallest absolute Gasteiger partial charge is 0.241 e. The molecule has 3 aromatic carbocycles. The van der Waals surface area contributed by atoms with Gasteiger partial charge in [-0.1, -0.05) is 63.9 Å². The summed E-state index contributed by atoms with van der Waals surface area (Å²) in [5, 5.41) is -0.268. The van der Waals surface area contributed by atoms with Crippen LogP contribution in [0.15, 0.2) is 71.2 Å². The third-order valence-corrected chi connectivity index (χ3v) is 7.64. The quantitative estimate of drug-likeness (QED) is 0.331. The van der Waals surface area contributed by atoms with Crippen molar-refractivity contribution in [2.45, 2.75) is 11.7 Å². The molecule has 2 fully saturated rings. The summed E-state index contributed by atoms with van der Waals surface area (Å²) in [6.45, 7) is 0. The van der Waals surface area contributed by atoms with E-state index in [4.69, 9.17) is 16.3 Å². The molecule has 0 N–H and O–H groups in total. The Morgan fingerprint density at radius 3 is 2.20 bits per heavy atom. The summed E-state index contributed by atoms with van der Waals surface area (Å²) in [5.74, 6) is -5.97. The minimum atomic E-state index is -2.17. The summed E-state index contributed by atoms with van der Waals surface area (Å²) in [6.07, 6.45) is -1.04. The van der Waals surface area contributed by atoms with Gasteiger partial charge in [0.2, 0.25) is 29.0 Å². The van der Waals surface area contributed by atoms with Gasteiger partial charge < -0.3 is 4.74 Å². The molecule has 0 radical (unpaired) electrons. The SMILES string of the molecule is O=C1[C@H]2[C@@H](C(=O)N1c1ccc(F)c(Cl)c1)C1(O[C@H]2c2cccc(Br)c2)C(=O)c2ccccc2C1=O. The molecule has 0 saturated carbocycles. The van der Waals surface area contributed by atoms with Gasteiger partial charge in [0.05, 0.1) is 28.6 Å². The van der Waals surface area contributed by atoms with Crippen molar-refractivity contribution in [1.29, 1.82) is 0 Å². The second kappa shape index (κ2) is 7.65. The van der Waals surface area contributed by atoms with Crippen molar-refractivity contribution in [2.75, 3.05) is 4.90 Å². The third kappa shape index (κ3) is 2.90. The molecule has 35 heavy (non-hydrogen) atoms. The van der Waals surface area contributed by atoms with Crippen LogP contribution >= 0.6 is 27.5 Å². The molecule has 0 unspecified atom stereocenters. The van der Waals surface area contributed by atoms with E-state index >= 15 is 0 Å². The molecule has 6 nitrogen and oxygen atoms in total. The van der Waals surface area contributed by atoms with E-state index in [1.807, 2.05) is 0 Å². The summed E-state index contributed by atoms with van der Waals surface area (Å²) in [7, 11) is 0. The van der Waals surface area contributed by atoms with Crippen LogP contribution < -0.4 is 4.90 Å². The Morgan fingerprint density at radius 2 is 1.57 bits per heavy atom. The van der Waals surface area contributed by atoms with Crippen LogP contribution in [0.5, 0.6) is 0 Å². The van der Waals surface area contributed by atoms with Gasteiger partial charge in [0, 0.05) is 15.6 Å². The zero-order valence-corrected chi connectivity index (χ0v) is 20.0. The third-order valence-electron chi connectivity index (χ3n) is 6.86. The lowest BCUT2D eigenvalue weighted by Gasteiger charge is -2.27. The van der Waals surface area contributed by atoms with Gasteiger partial charge in [-0.25, -0.2) is 9.29 Å². The van der Waals surface area contributed by atoms with Gasteiger partial charge in [-0.05, 0) is 35.9 Å². The normalized spacial score (nSPS) is 24.4.